The Morgan fingerprint density at radius 1 is 1.31 bits per heavy atom. The molecule has 0 amide bonds. The summed E-state index contributed by atoms with van der Waals surface area (Å²) in [6.45, 7) is 5.68. The number of sulfonamides is 1. The first kappa shape index (κ1) is 28.0. The molecule has 1 aromatic heterocycles. The lowest BCUT2D eigenvalue weighted by atomic mass is 9.83. The van der Waals surface area contributed by atoms with E-state index in [0.717, 1.165) is 53.2 Å². The topological polar surface area (TPSA) is 116 Å². The monoisotopic (exact) mass is 568 g/mol. The van der Waals surface area contributed by atoms with Crippen LogP contribution in [-0.2, 0) is 10.0 Å². The Bertz CT molecular complexity index is 1390. The quantitative estimate of drug-likeness (QED) is 0.466. The van der Waals surface area contributed by atoms with Crippen LogP contribution in [0.2, 0.25) is 0 Å². The minimum absolute atomic E-state index is 0.0156. The summed E-state index contributed by atoms with van der Waals surface area (Å²) in [7, 11) is -3.45. The third-order valence-corrected chi connectivity index (χ3v) is 10.2. The zero-order valence-corrected chi connectivity index (χ0v) is 24.0. The lowest BCUT2D eigenvalue weighted by molar-refractivity contribution is 0.0740. The van der Waals surface area contributed by atoms with Crippen LogP contribution in [0.5, 0.6) is 5.75 Å². The van der Waals surface area contributed by atoms with Crippen molar-refractivity contribution in [1.82, 2.24) is 14.6 Å². The van der Waals surface area contributed by atoms with Gasteiger partial charge < -0.3 is 9.84 Å². The second-order valence-corrected chi connectivity index (χ2v) is 13.8. The second-order valence-electron chi connectivity index (χ2n) is 10.9. The molecular weight excluding hydrogens is 532 g/mol. The molecule has 2 unspecified atom stereocenters. The number of hydrogen-bond donors (Lipinski definition) is 2. The number of ether oxygens (including phenoxy) is 1. The van der Waals surface area contributed by atoms with Crippen LogP contribution in [0.15, 0.2) is 48.2 Å². The molecule has 208 valence electrons. The maximum atomic E-state index is 12.9. The standard InChI is InChI=1S/C29H36N4O4S2/c1-19(2)37-27-11-8-20(15-21(27)16-30)29-31-17-28(38-29)25-7-3-6-24-23(25)9-10-26(24)32-39(35,36)14-13-33-12-4-5-22(34)18-33/h3,6-8,11,15,17,19,22-23,25-26,32,34H,4-5,9-10,12-14,18H2,1-2H3/t22-,23?,25?,26+/m1/s1. The highest BCUT2D eigenvalue weighted by molar-refractivity contribution is 7.89. The van der Waals surface area contributed by atoms with Gasteiger partial charge >= 0.3 is 0 Å². The van der Waals surface area contributed by atoms with E-state index in [-0.39, 0.29) is 35.8 Å². The number of nitriles is 1. The predicted molar refractivity (Wildman–Crippen MR) is 153 cm³/mol. The highest BCUT2D eigenvalue weighted by Gasteiger charge is 2.38. The molecule has 2 aromatic rings. The number of thiazole rings is 1. The second kappa shape index (κ2) is 11.9. The van der Waals surface area contributed by atoms with Crippen molar-refractivity contribution >= 4 is 21.4 Å². The Labute approximate surface area is 235 Å². The van der Waals surface area contributed by atoms with Gasteiger partial charge in [-0.3, -0.25) is 4.90 Å². The SMILES string of the molecule is CC(C)Oc1ccc(-c2ncc(C3C=CC=C4C3CC[C@@H]4NS(=O)(=O)CCN3CCC[C@@H](O)C3)s2)cc1C#N. The van der Waals surface area contributed by atoms with Crippen LogP contribution in [-0.4, -0.2) is 67.0 Å². The molecule has 1 saturated heterocycles. The molecule has 2 aliphatic carbocycles. The fourth-order valence-corrected chi connectivity index (χ4v) is 8.21. The number of rotatable bonds is 9. The van der Waals surface area contributed by atoms with Crippen LogP contribution < -0.4 is 9.46 Å². The summed E-state index contributed by atoms with van der Waals surface area (Å²) in [5, 5.41) is 20.3. The molecular formula is C29H36N4O4S2. The molecule has 0 bridgehead atoms. The lowest BCUT2D eigenvalue weighted by Gasteiger charge is -2.30. The molecule has 39 heavy (non-hydrogen) atoms. The predicted octanol–water partition coefficient (Wildman–Crippen LogP) is 4.20. The minimum atomic E-state index is -3.45. The van der Waals surface area contributed by atoms with Crippen LogP contribution in [0.1, 0.15) is 55.9 Å². The molecule has 5 rings (SSSR count). The largest absolute Gasteiger partial charge is 0.490 e. The van der Waals surface area contributed by atoms with E-state index >= 15 is 0 Å². The van der Waals surface area contributed by atoms with Gasteiger partial charge in [0.2, 0.25) is 10.0 Å². The van der Waals surface area contributed by atoms with Crippen LogP contribution in [0.25, 0.3) is 10.6 Å². The number of hydrogen-bond acceptors (Lipinski definition) is 8. The van der Waals surface area contributed by atoms with E-state index in [2.05, 4.69) is 27.9 Å². The van der Waals surface area contributed by atoms with Gasteiger partial charge in [-0.2, -0.15) is 5.26 Å². The highest BCUT2D eigenvalue weighted by atomic mass is 32.2. The molecule has 4 atom stereocenters. The lowest BCUT2D eigenvalue weighted by Crippen LogP contribution is -2.43. The van der Waals surface area contributed by atoms with Gasteiger partial charge in [0.05, 0.1) is 23.5 Å². The Morgan fingerprint density at radius 2 is 2.15 bits per heavy atom. The number of fused-ring (bicyclic) bond motifs is 1. The summed E-state index contributed by atoms with van der Waals surface area (Å²) in [4.78, 5) is 7.84. The van der Waals surface area contributed by atoms with Crippen molar-refractivity contribution in [2.75, 3.05) is 25.4 Å². The fraction of sp³-hybridized carbons (Fsp3) is 0.517. The Balaban J connectivity index is 1.25. The van der Waals surface area contributed by atoms with Crippen LogP contribution in [0, 0.1) is 17.2 Å². The van der Waals surface area contributed by atoms with Gasteiger partial charge in [-0.05, 0) is 75.8 Å². The van der Waals surface area contributed by atoms with Crippen LogP contribution >= 0.6 is 11.3 Å². The number of piperidine rings is 1. The summed E-state index contributed by atoms with van der Waals surface area (Å²) >= 11 is 1.61. The smallest absolute Gasteiger partial charge is 0.213 e. The third kappa shape index (κ3) is 6.61. The molecule has 0 radical (unpaired) electrons. The summed E-state index contributed by atoms with van der Waals surface area (Å²) in [5.41, 5.74) is 2.51. The molecule has 2 fully saturated rings. The normalized spacial score (nSPS) is 25.4. The molecule has 2 heterocycles. The van der Waals surface area contributed by atoms with Crippen LogP contribution in [0.3, 0.4) is 0 Å². The zero-order valence-electron chi connectivity index (χ0n) is 22.4. The van der Waals surface area contributed by atoms with Crippen LogP contribution in [0.4, 0.5) is 0 Å². The van der Waals surface area contributed by atoms with E-state index in [1.807, 2.05) is 49.2 Å². The van der Waals surface area contributed by atoms with Gasteiger partial charge in [0.15, 0.2) is 0 Å². The van der Waals surface area contributed by atoms with Gasteiger partial charge in [-0.25, -0.2) is 18.1 Å². The number of benzene rings is 1. The van der Waals surface area contributed by atoms with E-state index in [1.54, 1.807) is 11.3 Å². The zero-order chi connectivity index (χ0) is 27.6. The third-order valence-electron chi connectivity index (χ3n) is 7.68. The molecule has 0 spiro atoms. The molecule has 10 heteroatoms. The van der Waals surface area contributed by atoms with Crippen molar-refractivity contribution < 1.29 is 18.3 Å². The number of nitrogens with zero attached hydrogens (tertiary/aromatic N) is 3. The fourth-order valence-electron chi connectivity index (χ4n) is 5.85. The maximum absolute atomic E-state index is 12.9. The van der Waals surface area contributed by atoms with E-state index in [1.165, 1.54) is 0 Å². The number of nitrogens with one attached hydrogen (secondary N) is 1. The van der Waals surface area contributed by atoms with Crippen molar-refractivity contribution in [1.29, 1.82) is 5.26 Å². The van der Waals surface area contributed by atoms with Gasteiger partial charge in [0.1, 0.15) is 16.8 Å². The first-order valence-electron chi connectivity index (χ1n) is 13.7. The first-order valence-corrected chi connectivity index (χ1v) is 16.1. The van der Waals surface area contributed by atoms with E-state index < -0.39 is 10.0 Å². The molecule has 1 aliphatic heterocycles. The van der Waals surface area contributed by atoms with E-state index in [4.69, 9.17) is 4.74 Å². The minimum Gasteiger partial charge on any atom is -0.490 e. The number of aliphatic hydroxyl groups is 1. The van der Waals surface area contributed by atoms with Crippen molar-refractivity contribution in [3.05, 3.63) is 58.6 Å². The summed E-state index contributed by atoms with van der Waals surface area (Å²) in [6.07, 6.45) is 11.2. The number of β-amino-alcohol motifs (C(OH)–C–C–N with tert-alkyl or cyclic N) is 1. The number of aliphatic hydroxyl groups excluding tert-OH is 1. The average Bonchev–Trinajstić information content (AvgIpc) is 3.55. The number of likely N-dealkylation sites (tertiary alicyclic amines) is 1. The van der Waals surface area contributed by atoms with Crippen molar-refractivity contribution in [2.45, 2.75) is 63.7 Å². The Kier molecular flexibility index (Phi) is 8.55. The summed E-state index contributed by atoms with van der Waals surface area (Å²) in [5.74, 6) is 0.979. The van der Waals surface area contributed by atoms with Gasteiger partial charge in [-0.1, -0.05) is 18.2 Å². The highest BCUT2D eigenvalue weighted by Crippen LogP contribution is 2.46. The van der Waals surface area contributed by atoms with Crippen molar-refractivity contribution in [2.24, 2.45) is 5.92 Å². The molecule has 3 aliphatic rings. The van der Waals surface area contributed by atoms with Crippen molar-refractivity contribution in [3.63, 3.8) is 0 Å². The summed E-state index contributed by atoms with van der Waals surface area (Å²) in [6, 6.07) is 7.63. The maximum Gasteiger partial charge on any atom is 0.213 e. The van der Waals surface area contributed by atoms with Gasteiger partial charge in [-0.15, -0.1) is 11.3 Å². The van der Waals surface area contributed by atoms with Crippen molar-refractivity contribution in [3.8, 4) is 22.4 Å². The molecule has 8 nitrogen and oxygen atoms in total. The Morgan fingerprint density at radius 3 is 2.92 bits per heavy atom. The van der Waals surface area contributed by atoms with E-state index in [0.29, 0.717) is 24.4 Å². The van der Waals surface area contributed by atoms with Gasteiger partial charge in [0.25, 0.3) is 0 Å². The number of aromatic nitrogens is 1. The van der Waals surface area contributed by atoms with Gasteiger partial charge in [0, 0.05) is 41.7 Å². The first-order chi connectivity index (χ1) is 18.7. The number of allylic oxidation sites excluding steroid dienone is 3. The molecule has 2 N–H and O–H groups in total. The Hall–Kier alpha value is -2.55. The summed E-state index contributed by atoms with van der Waals surface area (Å²) < 4.78 is 34.6. The molecule has 1 aromatic carbocycles. The average molecular weight is 569 g/mol. The van der Waals surface area contributed by atoms with E-state index in [9.17, 15) is 18.8 Å². The molecule has 1 saturated carbocycles.